The van der Waals surface area contributed by atoms with Crippen LogP contribution in [0.25, 0.3) is 0 Å². The molecule has 2 amide bonds. The van der Waals surface area contributed by atoms with Crippen LogP contribution >= 0.6 is 0 Å². The fourth-order valence-electron chi connectivity index (χ4n) is 5.09. The van der Waals surface area contributed by atoms with Crippen molar-refractivity contribution in [2.45, 2.75) is 69.1 Å². The van der Waals surface area contributed by atoms with Crippen LogP contribution in [0.2, 0.25) is 0 Å². The molecule has 1 spiro atoms. The van der Waals surface area contributed by atoms with Gasteiger partial charge in [0.05, 0.1) is 11.7 Å². The summed E-state index contributed by atoms with van der Waals surface area (Å²) in [6.07, 6.45) is 7.43. The Bertz CT molecular complexity index is 763. The highest BCUT2D eigenvalue weighted by Crippen LogP contribution is 2.41. The monoisotopic (exact) mass is 373 g/mol. The van der Waals surface area contributed by atoms with Gasteiger partial charge in [0, 0.05) is 31.4 Å². The van der Waals surface area contributed by atoms with Crippen LogP contribution < -0.4 is 5.56 Å². The first-order valence-corrected chi connectivity index (χ1v) is 10.0. The molecular weight excluding hydrogens is 346 g/mol. The Labute approximate surface area is 158 Å². The summed E-state index contributed by atoms with van der Waals surface area (Å²) in [7, 11) is 0. The molecular formula is C20H27N3O4. The van der Waals surface area contributed by atoms with Gasteiger partial charge in [-0.1, -0.05) is 0 Å². The lowest BCUT2D eigenvalue weighted by atomic mass is 9.82. The second-order valence-electron chi connectivity index (χ2n) is 8.10. The van der Waals surface area contributed by atoms with E-state index in [0.717, 1.165) is 45.1 Å². The highest BCUT2D eigenvalue weighted by atomic mass is 16.3. The predicted octanol–water partition coefficient (Wildman–Crippen LogP) is 1.28. The van der Waals surface area contributed by atoms with Crippen LogP contribution in [0.15, 0.2) is 23.1 Å². The quantitative estimate of drug-likeness (QED) is 0.816. The van der Waals surface area contributed by atoms with Gasteiger partial charge in [-0.15, -0.1) is 0 Å². The number of aromatic amines is 1. The van der Waals surface area contributed by atoms with Gasteiger partial charge in [-0.3, -0.25) is 14.4 Å². The first kappa shape index (κ1) is 18.2. The van der Waals surface area contributed by atoms with E-state index >= 15 is 0 Å². The fourth-order valence-corrected chi connectivity index (χ4v) is 5.09. The molecule has 27 heavy (non-hydrogen) atoms. The molecule has 2 saturated heterocycles. The van der Waals surface area contributed by atoms with E-state index in [-0.39, 0.29) is 29.5 Å². The van der Waals surface area contributed by atoms with Crippen LogP contribution in [0, 0.1) is 0 Å². The van der Waals surface area contributed by atoms with Crippen molar-refractivity contribution in [1.29, 1.82) is 0 Å². The van der Waals surface area contributed by atoms with E-state index < -0.39 is 5.54 Å². The van der Waals surface area contributed by atoms with Gasteiger partial charge in [-0.05, 0) is 57.4 Å². The van der Waals surface area contributed by atoms with Gasteiger partial charge in [-0.2, -0.15) is 0 Å². The molecule has 0 aromatic carbocycles. The number of aliphatic hydroxyl groups excluding tert-OH is 1. The minimum Gasteiger partial charge on any atom is -0.393 e. The summed E-state index contributed by atoms with van der Waals surface area (Å²) in [4.78, 5) is 44.2. The van der Waals surface area contributed by atoms with Gasteiger partial charge in [0.15, 0.2) is 0 Å². The van der Waals surface area contributed by atoms with Crippen LogP contribution in [0.3, 0.4) is 0 Å². The van der Waals surface area contributed by atoms with Gasteiger partial charge >= 0.3 is 0 Å². The lowest BCUT2D eigenvalue weighted by Gasteiger charge is -2.48. The van der Waals surface area contributed by atoms with Crippen molar-refractivity contribution in [3.63, 3.8) is 0 Å². The summed E-state index contributed by atoms with van der Waals surface area (Å²) in [6.45, 7) is 1.31. The zero-order valence-electron chi connectivity index (χ0n) is 15.5. The van der Waals surface area contributed by atoms with Crippen molar-refractivity contribution < 1.29 is 14.7 Å². The number of aliphatic hydroxyl groups is 1. The molecule has 3 heterocycles. The second kappa shape index (κ2) is 7.11. The number of rotatable bonds is 2. The molecule has 0 bridgehead atoms. The molecule has 4 rings (SSSR count). The zero-order chi connectivity index (χ0) is 19.0. The maximum atomic E-state index is 13.5. The van der Waals surface area contributed by atoms with Crippen LogP contribution in [0.4, 0.5) is 0 Å². The molecule has 2 aliphatic heterocycles. The Morgan fingerprint density at radius 2 is 1.78 bits per heavy atom. The number of nitrogens with zero attached hydrogens (tertiary/aromatic N) is 2. The number of piperidine rings is 1. The van der Waals surface area contributed by atoms with Crippen LogP contribution in [-0.2, 0) is 4.79 Å². The van der Waals surface area contributed by atoms with Crippen LogP contribution in [0.5, 0.6) is 0 Å². The highest BCUT2D eigenvalue weighted by Gasteiger charge is 2.53. The van der Waals surface area contributed by atoms with Gasteiger partial charge in [-0.25, -0.2) is 0 Å². The average Bonchev–Trinajstić information content (AvgIpc) is 3.09. The topological polar surface area (TPSA) is 93.7 Å². The van der Waals surface area contributed by atoms with Crippen LogP contribution in [-0.4, -0.2) is 62.5 Å². The smallest absolute Gasteiger partial charge is 0.256 e. The Morgan fingerprint density at radius 1 is 1.07 bits per heavy atom. The maximum Gasteiger partial charge on any atom is 0.256 e. The lowest BCUT2D eigenvalue weighted by Crippen LogP contribution is -2.63. The third-order valence-corrected chi connectivity index (χ3v) is 6.52. The fraction of sp³-hybridized carbons (Fsp3) is 0.650. The number of likely N-dealkylation sites (tertiary alicyclic amines) is 2. The Balaban J connectivity index is 1.58. The van der Waals surface area contributed by atoms with E-state index in [1.807, 2.05) is 4.90 Å². The molecule has 0 radical (unpaired) electrons. The van der Waals surface area contributed by atoms with Crippen molar-refractivity contribution in [3.8, 4) is 0 Å². The van der Waals surface area contributed by atoms with E-state index in [1.54, 1.807) is 4.90 Å². The van der Waals surface area contributed by atoms with E-state index in [4.69, 9.17) is 0 Å². The number of carbonyl (C=O) groups is 2. The van der Waals surface area contributed by atoms with Crippen molar-refractivity contribution in [1.82, 2.24) is 14.8 Å². The molecule has 1 saturated carbocycles. The Kier molecular flexibility index (Phi) is 4.80. The number of amides is 2. The molecule has 1 aliphatic carbocycles. The maximum absolute atomic E-state index is 13.5. The minimum atomic E-state index is -0.748. The summed E-state index contributed by atoms with van der Waals surface area (Å²) in [5.74, 6) is -0.108. The first-order valence-electron chi connectivity index (χ1n) is 10.0. The van der Waals surface area contributed by atoms with Crippen molar-refractivity contribution in [2.24, 2.45) is 0 Å². The highest BCUT2D eigenvalue weighted by molar-refractivity contribution is 5.99. The number of nitrogens with one attached hydrogen (secondary N) is 1. The first-order chi connectivity index (χ1) is 13.0. The van der Waals surface area contributed by atoms with Crippen molar-refractivity contribution >= 4 is 11.8 Å². The largest absolute Gasteiger partial charge is 0.393 e. The number of aromatic nitrogens is 1. The third-order valence-electron chi connectivity index (χ3n) is 6.52. The van der Waals surface area contributed by atoms with Gasteiger partial charge < -0.3 is 19.9 Å². The van der Waals surface area contributed by atoms with E-state index in [0.29, 0.717) is 24.9 Å². The van der Waals surface area contributed by atoms with Gasteiger partial charge in [0.1, 0.15) is 5.54 Å². The molecule has 2 N–H and O–H groups in total. The molecule has 1 aromatic heterocycles. The molecule has 3 aliphatic rings. The molecule has 1 atom stereocenters. The molecule has 7 heteroatoms. The Hall–Kier alpha value is -2.15. The second-order valence-corrected chi connectivity index (χ2v) is 8.10. The molecule has 146 valence electrons. The standard InChI is InChI=1S/C20H27N3O4/c24-16-6-4-15(5-7-16)22-11-1-9-20(19(22)27)10-2-12-23(20)18(26)14-3-8-17(25)21-13-14/h3,8,13,15-16,24H,1-2,4-7,9-12H2,(H,21,25). The average molecular weight is 373 g/mol. The number of pyridine rings is 1. The Morgan fingerprint density at radius 3 is 2.44 bits per heavy atom. The molecule has 1 unspecified atom stereocenters. The van der Waals surface area contributed by atoms with E-state index in [1.165, 1.54) is 18.3 Å². The molecule has 7 nitrogen and oxygen atoms in total. The SMILES string of the molecule is O=C(c1ccc(=O)[nH]c1)N1CCCC12CCCN(C1CCC(O)CC1)C2=O. The minimum absolute atomic E-state index is 0.0745. The normalized spacial score (nSPS) is 31.5. The van der Waals surface area contributed by atoms with Gasteiger partial charge in [0.2, 0.25) is 11.5 Å². The number of hydrogen-bond acceptors (Lipinski definition) is 4. The van der Waals surface area contributed by atoms with E-state index in [9.17, 15) is 19.5 Å². The number of H-pyrrole nitrogens is 1. The van der Waals surface area contributed by atoms with Crippen molar-refractivity contribution in [2.75, 3.05) is 13.1 Å². The molecule has 1 aromatic rings. The van der Waals surface area contributed by atoms with Crippen molar-refractivity contribution in [3.05, 3.63) is 34.2 Å². The van der Waals surface area contributed by atoms with Crippen LogP contribution in [0.1, 0.15) is 61.7 Å². The summed E-state index contributed by atoms with van der Waals surface area (Å²) >= 11 is 0. The lowest BCUT2D eigenvalue weighted by molar-refractivity contribution is -0.149. The van der Waals surface area contributed by atoms with Gasteiger partial charge in [0.25, 0.3) is 5.91 Å². The zero-order valence-corrected chi connectivity index (χ0v) is 15.5. The summed E-state index contributed by atoms with van der Waals surface area (Å²) in [5, 5.41) is 9.78. The third kappa shape index (κ3) is 3.18. The summed E-state index contributed by atoms with van der Waals surface area (Å²) < 4.78 is 0. The number of carbonyl (C=O) groups excluding carboxylic acids is 2. The molecule has 3 fully saturated rings. The predicted molar refractivity (Wildman–Crippen MR) is 99.3 cm³/mol. The summed E-state index contributed by atoms with van der Waals surface area (Å²) in [5.41, 5.74) is -0.578. The number of hydrogen-bond donors (Lipinski definition) is 2. The van der Waals surface area contributed by atoms with E-state index in [2.05, 4.69) is 4.98 Å². The summed E-state index contributed by atoms with van der Waals surface area (Å²) in [6, 6.07) is 3.04.